The molecule has 1 N–H and O–H groups in total. The molecule has 0 amide bonds. The minimum Gasteiger partial charge on any atom is -0.356 e. The highest BCUT2D eigenvalue weighted by atomic mass is 127. The van der Waals surface area contributed by atoms with Crippen LogP contribution in [0.4, 0.5) is 0 Å². The Morgan fingerprint density at radius 1 is 1.30 bits per heavy atom. The molecule has 0 spiro atoms. The van der Waals surface area contributed by atoms with E-state index < -0.39 is 0 Å². The standard InChI is InChI=1S/C17H24N4S.HI/c1-4-15-12-20-16(22-15)10-11-19-17(18-2)21(3)13-14-8-6-5-7-9-14;/h5-9,12H,4,10-11,13H2,1-3H3,(H,18,19);1H. The second kappa shape index (κ2) is 10.6. The third-order valence-corrected chi connectivity index (χ3v) is 4.61. The fraction of sp³-hybridized carbons (Fsp3) is 0.412. The maximum Gasteiger partial charge on any atom is 0.193 e. The summed E-state index contributed by atoms with van der Waals surface area (Å²) in [4.78, 5) is 12.3. The first-order valence-corrected chi connectivity index (χ1v) is 8.44. The number of benzene rings is 1. The second-order valence-electron chi connectivity index (χ2n) is 5.14. The first-order chi connectivity index (χ1) is 10.7. The van der Waals surface area contributed by atoms with Crippen LogP contribution < -0.4 is 5.32 Å². The zero-order valence-electron chi connectivity index (χ0n) is 14.0. The zero-order valence-corrected chi connectivity index (χ0v) is 17.1. The van der Waals surface area contributed by atoms with Gasteiger partial charge in [-0.3, -0.25) is 4.99 Å². The number of halogens is 1. The molecule has 0 bridgehead atoms. The maximum atomic E-state index is 4.45. The maximum absolute atomic E-state index is 4.45. The number of thiazole rings is 1. The Morgan fingerprint density at radius 3 is 2.65 bits per heavy atom. The molecule has 0 saturated heterocycles. The van der Waals surface area contributed by atoms with Crippen LogP contribution in [-0.4, -0.2) is 36.5 Å². The number of rotatable bonds is 6. The van der Waals surface area contributed by atoms with E-state index in [0.717, 1.165) is 31.9 Å². The van der Waals surface area contributed by atoms with Crippen LogP contribution in [0.2, 0.25) is 0 Å². The van der Waals surface area contributed by atoms with E-state index in [1.165, 1.54) is 15.4 Å². The third-order valence-electron chi connectivity index (χ3n) is 3.41. The van der Waals surface area contributed by atoms with Gasteiger partial charge in [-0.2, -0.15) is 0 Å². The van der Waals surface area contributed by atoms with Crippen molar-refractivity contribution in [1.29, 1.82) is 0 Å². The lowest BCUT2D eigenvalue weighted by Crippen LogP contribution is -2.39. The van der Waals surface area contributed by atoms with Crippen molar-refractivity contribution >= 4 is 41.3 Å². The van der Waals surface area contributed by atoms with Crippen molar-refractivity contribution in [3.05, 3.63) is 52.0 Å². The number of aliphatic imine (C=N–C) groups is 1. The number of aromatic nitrogens is 1. The van der Waals surface area contributed by atoms with Crippen molar-refractivity contribution in [3.8, 4) is 0 Å². The van der Waals surface area contributed by atoms with E-state index >= 15 is 0 Å². The summed E-state index contributed by atoms with van der Waals surface area (Å²) in [6.45, 7) is 3.86. The zero-order chi connectivity index (χ0) is 15.8. The van der Waals surface area contributed by atoms with E-state index in [1.807, 2.05) is 19.3 Å². The summed E-state index contributed by atoms with van der Waals surface area (Å²) in [6.07, 6.45) is 3.98. The highest BCUT2D eigenvalue weighted by molar-refractivity contribution is 14.0. The summed E-state index contributed by atoms with van der Waals surface area (Å²) in [5.41, 5.74) is 1.28. The minimum atomic E-state index is 0. The highest BCUT2D eigenvalue weighted by Gasteiger charge is 2.07. The van der Waals surface area contributed by atoms with E-state index in [9.17, 15) is 0 Å². The van der Waals surface area contributed by atoms with Gasteiger partial charge in [0.2, 0.25) is 0 Å². The lowest BCUT2D eigenvalue weighted by molar-refractivity contribution is 0.477. The molecule has 0 atom stereocenters. The average Bonchev–Trinajstić information content (AvgIpc) is 3.00. The lowest BCUT2D eigenvalue weighted by atomic mass is 10.2. The topological polar surface area (TPSA) is 40.5 Å². The van der Waals surface area contributed by atoms with Crippen LogP contribution in [0.3, 0.4) is 0 Å². The van der Waals surface area contributed by atoms with Gasteiger partial charge in [0.25, 0.3) is 0 Å². The smallest absolute Gasteiger partial charge is 0.193 e. The molecule has 23 heavy (non-hydrogen) atoms. The van der Waals surface area contributed by atoms with Crippen LogP contribution in [0.1, 0.15) is 22.4 Å². The van der Waals surface area contributed by atoms with Crippen molar-refractivity contribution in [1.82, 2.24) is 15.2 Å². The summed E-state index contributed by atoms with van der Waals surface area (Å²) >= 11 is 1.80. The monoisotopic (exact) mass is 444 g/mol. The van der Waals surface area contributed by atoms with E-state index in [-0.39, 0.29) is 24.0 Å². The van der Waals surface area contributed by atoms with Crippen LogP contribution in [0.15, 0.2) is 41.5 Å². The van der Waals surface area contributed by atoms with Gasteiger partial charge >= 0.3 is 0 Å². The van der Waals surface area contributed by atoms with E-state index in [2.05, 4.69) is 58.4 Å². The number of aryl methyl sites for hydroxylation is 1. The molecule has 4 nitrogen and oxygen atoms in total. The molecule has 0 aliphatic rings. The third kappa shape index (κ3) is 6.47. The molecule has 0 unspecified atom stereocenters. The number of nitrogens with one attached hydrogen (secondary N) is 1. The normalized spacial score (nSPS) is 11.0. The Hall–Kier alpha value is -1.15. The fourth-order valence-electron chi connectivity index (χ4n) is 2.23. The second-order valence-corrected chi connectivity index (χ2v) is 6.34. The lowest BCUT2D eigenvalue weighted by Gasteiger charge is -2.22. The summed E-state index contributed by atoms with van der Waals surface area (Å²) in [5.74, 6) is 0.913. The van der Waals surface area contributed by atoms with Gasteiger partial charge in [0.15, 0.2) is 5.96 Å². The summed E-state index contributed by atoms with van der Waals surface area (Å²) in [5, 5.41) is 4.59. The number of hydrogen-bond donors (Lipinski definition) is 1. The Morgan fingerprint density at radius 2 is 2.04 bits per heavy atom. The molecule has 0 fully saturated rings. The van der Waals surface area contributed by atoms with Crippen LogP contribution >= 0.6 is 35.3 Å². The van der Waals surface area contributed by atoms with E-state index in [0.29, 0.717) is 0 Å². The Balaban J connectivity index is 0.00000264. The molecule has 0 aliphatic heterocycles. The average molecular weight is 444 g/mol. The van der Waals surface area contributed by atoms with Gasteiger partial charge < -0.3 is 10.2 Å². The van der Waals surface area contributed by atoms with Gasteiger partial charge in [0.05, 0.1) is 5.01 Å². The first-order valence-electron chi connectivity index (χ1n) is 7.62. The van der Waals surface area contributed by atoms with Gasteiger partial charge in [-0.05, 0) is 12.0 Å². The van der Waals surface area contributed by atoms with Gasteiger partial charge in [0.1, 0.15) is 0 Å². The molecule has 0 saturated carbocycles. The van der Waals surface area contributed by atoms with Crippen molar-refractivity contribution in [3.63, 3.8) is 0 Å². The molecule has 0 radical (unpaired) electrons. The quantitative estimate of drug-likeness (QED) is 0.421. The van der Waals surface area contributed by atoms with E-state index in [1.54, 1.807) is 11.3 Å². The predicted octanol–water partition coefficient (Wildman–Crippen LogP) is 3.57. The largest absolute Gasteiger partial charge is 0.356 e. The Kier molecular flexibility index (Phi) is 9.16. The number of hydrogen-bond acceptors (Lipinski definition) is 3. The van der Waals surface area contributed by atoms with Gasteiger partial charge in [-0.1, -0.05) is 37.3 Å². The number of nitrogens with zero attached hydrogens (tertiary/aromatic N) is 3. The van der Waals surface area contributed by atoms with Gasteiger partial charge in [0, 0.05) is 44.7 Å². The predicted molar refractivity (Wildman–Crippen MR) is 110 cm³/mol. The van der Waals surface area contributed by atoms with Crippen molar-refractivity contribution in [2.75, 3.05) is 20.6 Å². The van der Waals surface area contributed by atoms with Crippen molar-refractivity contribution < 1.29 is 0 Å². The van der Waals surface area contributed by atoms with E-state index in [4.69, 9.17) is 0 Å². The molecular weight excluding hydrogens is 419 g/mol. The molecule has 126 valence electrons. The molecule has 2 aromatic rings. The first kappa shape index (κ1) is 19.9. The highest BCUT2D eigenvalue weighted by Crippen LogP contribution is 2.13. The van der Waals surface area contributed by atoms with Crippen molar-refractivity contribution in [2.24, 2.45) is 4.99 Å². The molecule has 1 aromatic carbocycles. The molecule has 1 aromatic heterocycles. The van der Waals surface area contributed by atoms with Crippen LogP contribution in [-0.2, 0) is 19.4 Å². The molecular formula is C17H25IN4S. The molecule has 2 rings (SSSR count). The summed E-state index contributed by atoms with van der Waals surface area (Å²) < 4.78 is 0. The number of guanidine groups is 1. The van der Waals surface area contributed by atoms with Crippen LogP contribution in [0, 0.1) is 0 Å². The molecule has 1 heterocycles. The molecule has 0 aliphatic carbocycles. The van der Waals surface area contributed by atoms with Gasteiger partial charge in [-0.15, -0.1) is 35.3 Å². The fourth-order valence-corrected chi connectivity index (χ4v) is 3.09. The Bertz CT molecular complexity index is 598. The van der Waals surface area contributed by atoms with Crippen LogP contribution in [0.25, 0.3) is 0 Å². The van der Waals surface area contributed by atoms with Gasteiger partial charge in [-0.25, -0.2) is 4.98 Å². The van der Waals surface area contributed by atoms with Crippen molar-refractivity contribution in [2.45, 2.75) is 26.3 Å². The minimum absolute atomic E-state index is 0. The molecule has 6 heteroatoms. The summed E-state index contributed by atoms with van der Waals surface area (Å²) in [7, 11) is 3.88. The summed E-state index contributed by atoms with van der Waals surface area (Å²) in [6, 6.07) is 10.4. The SMILES string of the molecule is CCc1cnc(CCNC(=NC)N(C)Cc2ccccc2)s1.I. The Labute approximate surface area is 160 Å². The van der Waals surface area contributed by atoms with Crippen LogP contribution in [0.5, 0.6) is 0 Å².